The zero-order valence-electron chi connectivity index (χ0n) is 10.4. The fourth-order valence-corrected chi connectivity index (χ4v) is 2.83. The number of hydrogen-bond acceptors (Lipinski definition) is 3. The van der Waals surface area contributed by atoms with E-state index in [0.29, 0.717) is 6.42 Å². The molecule has 3 heteroatoms. The van der Waals surface area contributed by atoms with Crippen LogP contribution in [0.1, 0.15) is 13.3 Å². The molecule has 0 amide bonds. The summed E-state index contributed by atoms with van der Waals surface area (Å²) in [5, 5.41) is 11.3. The minimum atomic E-state index is -0.718. The maximum Gasteiger partial charge on any atom is 0.102 e. The van der Waals surface area contributed by atoms with E-state index in [1.54, 1.807) is 18.7 Å². The lowest BCUT2D eigenvalue weighted by molar-refractivity contribution is 0.583. The summed E-state index contributed by atoms with van der Waals surface area (Å²) in [6, 6.07) is 16.9. The highest BCUT2D eigenvalue weighted by Crippen LogP contribution is 2.25. The lowest BCUT2D eigenvalue weighted by Crippen LogP contribution is -2.34. The van der Waals surface area contributed by atoms with E-state index >= 15 is 0 Å². The highest BCUT2D eigenvalue weighted by molar-refractivity contribution is 7.99. The Morgan fingerprint density at radius 1 is 1.22 bits per heavy atom. The van der Waals surface area contributed by atoms with Crippen LogP contribution in [0.3, 0.4) is 0 Å². The summed E-state index contributed by atoms with van der Waals surface area (Å²) in [5.74, 6) is 0.860. The van der Waals surface area contributed by atoms with Gasteiger partial charge in [-0.2, -0.15) is 5.26 Å². The first-order chi connectivity index (χ1) is 8.61. The van der Waals surface area contributed by atoms with Gasteiger partial charge in [0.2, 0.25) is 0 Å². The monoisotopic (exact) mass is 256 g/mol. The van der Waals surface area contributed by atoms with Crippen LogP contribution in [0.5, 0.6) is 0 Å². The third-order valence-corrected chi connectivity index (χ3v) is 3.86. The van der Waals surface area contributed by atoms with Crippen molar-refractivity contribution in [1.29, 1.82) is 5.26 Å². The van der Waals surface area contributed by atoms with Gasteiger partial charge in [-0.1, -0.05) is 30.3 Å². The van der Waals surface area contributed by atoms with E-state index in [0.717, 1.165) is 5.75 Å². The minimum Gasteiger partial charge on any atom is -0.314 e. The number of benzene rings is 2. The second-order valence-electron chi connectivity index (χ2n) is 4.64. The van der Waals surface area contributed by atoms with E-state index in [9.17, 15) is 0 Å². The van der Waals surface area contributed by atoms with Crippen LogP contribution >= 0.6 is 11.8 Å². The van der Waals surface area contributed by atoms with Crippen molar-refractivity contribution in [3.8, 4) is 6.07 Å². The van der Waals surface area contributed by atoms with Crippen LogP contribution in [-0.2, 0) is 0 Å². The average Bonchev–Trinajstić information content (AvgIpc) is 2.38. The molecule has 0 aliphatic heterocycles. The highest BCUT2D eigenvalue weighted by Gasteiger charge is 2.16. The van der Waals surface area contributed by atoms with Crippen molar-refractivity contribution in [3.05, 3.63) is 42.5 Å². The van der Waals surface area contributed by atoms with Crippen LogP contribution in [0, 0.1) is 11.3 Å². The Balaban J connectivity index is 2.03. The smallest absolute Gasteiger partial charge is 0.102 e. The highest BCUT2D eigenvalue weighted by atomic mass is 32.2. The Bertz CT molecular complexity index is 584. The normalized spacial score (nSPS) is 14.1. The average molecular weight is 256 g/mol. The molecule has 0 saturated carbocycles. The Morgan fingerprint density at radius 3 is 2.67 bits per heavy atom. The fraction of sp³-hybridized carbons (Fsp3) is 0.267. The molecule has 2 rings (SSSR count). The van der Waals surface area contributed by atoms with Gasteiger partial charge in [-0.3, -0.25) is 0 Å². The maximum absolute atomic E-state index is 8.85. The van der Waals surface area contributed by atoms with E-state index in [4.69, 9.17) is 11.0 Å². The number of nitrogens with zero attached hydrogens (tertiary/aromatic N) is 1. The zero-order valence-corrected chi connectivity index (χ0v) is 11.2. The molecule has 0 aliphatic carbocycles. The lowest BCUT2D eigenvalue weighted by Gasteiger charge is -2.14. The van der Waals surface area contributed by atoms with Crippen LogP contribution < -0.4 is 5.73 Å². The predicted octanol–water partition coefficient (Wildman–Crippen LogP) is 3.56. The molecular weight excluding hydrogens is 240 g/mol. The van der Waals surface area contributed by atoms with Crippen LogP contribution in [0.2, 0.25) is 0 Å². The maximum atomic E-state index is 8.85. The number of thioether (sulfide) groups is 1. The minimum absolute atomic E-state index is 0.695. The molecule has 2 aromatic carbocycles. The van der Waals surface area contributed by atoms with Crippen molar-refractivity contribution in [1.82, 2.24) is 0 Å². The SMILES string of the molecule is CC(N)(C#N)CCSc1ccc2ccccc2c1. The third-order valence-electron chi connectivity index (χ3n) is 2.87. The first-order valence-corrected chi connectivity index (χ1v) is 6.91. The van der Waals surface area contributed by atoms with Gasteiger partial charge in [-0.15, -0.1) is 11.8 Å². The molecule has 0 bridgehead atoms. The van der Waals surface area contributed by atoms with E-state index in [-0.39, 0.29) is 0 Å². The van der Waals surface area contributed by atoms with Gasteiger partial charge in [0.15, 0.2) is 0 Å². The van der Waals surface area contributed by atoms with Gasteiger partial charge < -0.3 is 5.73 Å². The number of rotatable bonds is 4. The van der Waals surface area contributed by atoms with Gasteiger partial charge in [0.05, 0.1) is 6.07 Å². The molecule has 0 fully saturated rings. The predicted molar refractivity (Wildman–Crippen MR) is 77.5 cm³/mol. The molecule has 2 nitrogen and oxygen atoms in total. The van der Waals surface area contributed by atoms with Crippen molar-refractivity contribution < 1.29 is 0 Å². The summed E-state index contributed by atoms with van der Waals surface area (Å²) >= 11 is 1.75. The molecule has 0 aliphatic rings. The number of nitrogens with two attached hydrogens (primary N) is 1. The van der Waals surface area contributed by atoms with Crippen molar-refractivity contribution in [2.45, 2.75) is 23.8 Å². The molecule has 0 heterocycles. The summed E-state index contributed by atoms with van der Waals surface area (Å²) in [5.41, 5.74) is 5.08. The molecule has 0 spiro atoms. The van der Waals surface area contributed by atoms with Crippen molar-refractivity contribution in [3.63, 3.8) is 0 Å². The zero-order chi connectivity index (χ0) is 13.0. The number of hydrogen-bond donors (Lipinski definition) is 1. The lowest BCUT2D eigenvalue weighted by atomic mass is 10.0. The van der Waals surface area contributed by atoms with Gasteiger partial charge in [-0.25, -0.2) is 0 Å². The molecule has 1 unspecified atom stereocenters. The first kappa shape index (κ1) is 12.9. The van der Waals surface area contributed by atoms with Gasteiger partial charge in [-0.05, 0) is 36.2 Å². The van der Waals surface area contributed by atoms with E-state index in [1.165, 1.54) is 15.7 Å². The molecule has 1 atom stereocenters. The van der Waals surface area contributed by atoms with E-state index in [1.807, 2.05) is 12.1 Å². The van der Waals surface area contributed by atoms with Crippen molar-refractivity contribution in [2.75, 3.05) is 5.75 Å². The fourth-order valence-electron chi connectivity index (χ4n) is 1.69. The molecule has 92 valence electrons. The van der Waals surface area contributed by atoms with Crippen LogP contribution in [0.15, 0.2) is 47.4 Å². The Labute approximate surface area is 112 Å². The summed E-state index contributed by atoms with van der Waals surface area (Å²) in [6.07, 6.45) is 0.695. The summed E-state index contributed by atoms with van der Waals surface area (Å²) in [6.45, 7) is 1.77. The Hall–Kier alpha value is -1.50. The molecule has 2 N–H and O–H groups in total. The third kappa shape index (κ3) is 3.25. The van der Waals surface area contributed by atoms with Gasteiger partial charge in [0.1, 0.15) is 5.54 Å². The molecule has 18 heavy (non-hydrogen) atoms. The number of nitriles is 1. The Kier molecular flexibility index (Phi) is 3.90. The van der Waals surface area contributed by atoms with E-state index < -0.39 is 5.54 Å². The second-order valence-corrected chi connectivity index (χ2v) is 5.81. The molecule has 0 aromatic heterocycles. The standard InChI is InChI=1S/C15H16N2S/c1-15(17,11-16)8-9-18-14-7-6-12-4-2-3-5-13(12)10-14/h2-7,10H,8-9,17H2,1H3. The molecule has 0 saturated heterocycles. The van der Waals surface area contributed by atoms with Crippen LogP contribution in [0.4, 0.5) is 0 Å². The topological polar surface area (TPSA) is 49.8 Å². The van der Waals surface area contributed by atoms with Gasteiger partial charge >= 0.3 is 0 Å². The first-order valence-electron chi connectivity index (χ1n) is 5.92. The van der Waals surface area contributed by atoms with Crippen molar-refractivity contribution in [2.24, 2.45) is 5.73 Å². The largest absolute Gasteiger partial charge is 0.314 e. The molecular formula is C15H16N2S. The van der Waals surface area contributed by atoms with E-state index in [2.05, 4.69) is 36.4 Å². The summed E-state index contributed by atoms with van der Waals surface area (Å²) in [4.78, 5) is 1.22. The second kappa shape index (κ2) is 5.43. The van der Waals surface area contributed by atoms with Crippen LogP contribution in [-0.4, -0.2) is 11.3 Å². The molecule has 2 aromatic rings. The number of fused-ring (bicyclic) bond motifs is 1. The summed E-state index contributed by atoms with van der Waals surface area (Å²) in [7, 11) is 0. The molecule has 0 radical (unpaired) electrons. The summed E-state index contributed by atoms with van der Waals surface area (Å²) < 4.78 is 0. The quantitative estimate of drug-likeness (QED) is 0.851. The Morgan fingerprint density at radius 2 is 1.94 bits per heavy atom. The van der Waals surface area contributed by atoms with Gasteiger partial charge in [0.25, 0.3) is 0 Å². The van der Waals surface area contributed by atoms with Crippen molar-refractivity contribution >= 4 is 22.5 Å². The van der Waals surface area contributed by atoms with Crippen LogP contribution in [0.25, 0.3) is 10.8 Å². The van der Waals surface area contributed by atoms with Gasteiger partial charge in [0, 0.05) is 10.6 Å².